The second-order valence-electron chi connectivity index (χ2n) is 9.31. The van der Waals surface area contributed by atoms with E-state index in [9.17, 15) is 9.59 Å². The van der Waals surface area contributed by atoms with Crippen molar-refractivity contribution in [2.24, 2.45) is 0 Å². The molecular weight excluding hydrogens is 448 g/mol. The minimum Gasteiger partial charge on any atom is -0.461 e. The molecule has 0 unspecified atom stereocenters. The third kappa shape index (κ3) is 7.66. The molecule has 0 aromatic carbocycles. The Morgan fingerprint density at radius 1 is 1.11 bits per heavy atom. The highest BCUT2D eigenvalue weighted by molar-refractivity contribution is 5.88. The SMILES string of the molecule is CC(C)(C)OC(=O)NC1CCCCC1.CCOC(=O)c1cn2cc(-c3ccncc3)nc(N)c2n1. The van der Waals surface area contributed by atoms with E-state index in [1.165, 1.54) is 19.3 Å². The Hall–Kier alpha value is -3.69. The van der Waals surface area contributed by atoms with Crippen LogP contribution in [0.25, 0.3) is 16.9 Å². The van der Waals surface area contributed by atoms with Gasteiger partial charge in [0.05, 0.1) is 12.3 Å². The molecule has 0 atom stereocenters. The maximum absolute atomic E-state index is 11.7. The third-order valence-corrected chi connectivity index (χ3v) is 5.25. The summed E-state index contributed by atoms with van der Waals surface area (Å²) in [7, 11) is 0. The summed E-state index contributed by atoms with van der Waals surface area (Å²) in [5.41, 5.74) is 7.72. The van der Waals surface area contributed by atoms with Crippen molar-refractivity contribution >= 4 is 23.5 Å². The summed E-state index contributed by atoms with van der Waals surface area (Å²) >= 11 is 0. The fourth-order valence-corrected chi connectivity index (χ4v) is 3.71. The zero-order chi connectivity index (χ0) is 25.4. The zero-order valence-electron chi connectivity index (χ0n) is 20.8. The molecule has 0 bridgehead atoms. The fourth-order valence-electron chi connectivity index (χ4n) is 3.71. The molecule has 0 spiro atoms. The molecule has 3 aromatic heterocycles. The summed E-state index contributed by atoms with van der Waals surface area (Å²) < 4.78 is 11.8. The van der Waals surface area contributed by atoms with Crippen LogP contribution in [-0.4, -0.2) is 49.7 Å². The summed E-state index contributed by atoms with van der Waals surface area (Å²) in [6.07, 6.45) is 12.4. The van der Waals surface area contributed by atoms with E-state index in [1.54, 1.807) is 36.1 Å². The number of imidazole rings is 1. The fraction of sp³-hybridized carbons (Fsp3) is 0.480. The quantitative estimate of drug-likeness (QED) is 0.523. The molecule has 4 rings (SSSR count). The number of pyridine rings is 1. The molecule has 0 aliphatic heterocycles. The van der Waals surface area contributed by atoms with E-state index in [-0.39, 0.29) is 17.6 Å². The van der Waals surface area contributed by atoms with Crippen molar-refractivity contribution in [2.45, 2.75) is 71.4 Å². The van der Waals surface area contributed by atoms with Gasteiger partial charge in [-0.15, -0.1) is 0 Å². The number of rotatable bonds is 4. The van der Waals surface area contributed by atoms with Crippen LogP contribution >= 0.6 is 0 Å². The lowest BCUT2D eigenvalue weighted by atomic mass is 9.96. The Morgan fingerprint density at radius 3 is 2.43 bits per heavy atom. The van der Waals surface area contributed by atoms with Crippen LogP contribution in [0.3, 0.4) is 0 Å². The van der Waals surface area contributed by atoms with Gasteiger partial charge in [0, 0.05) is 36.4 Å². The molecule has 1 saturated carbocycles. The Balaban J connectivity index is 0.000000214. The first kappa shape index (κ1) is 25.9. The van der Waals surface area contributed by atoms with Gasteiger partial charge in [0.2, 0.25) is 0 Å². The maximum Gasteiger partial charge on any atom is 0.407 e. The Labute approximate surface area is 205 Å². The average Bonchev–Trinajstić information content (AvgIpc) is 3.25. The monoisotopic (exact) mass is 482 g/mol. The van der Waals surface area contributed by atoms with E-state index in [2.05, 4.69) is 20.3 Å². The first-order valence-electron chi connectivity index (χ1n) is 11.9. The molecule has 3 heterocycles. The number of hydrogen-bond acceptors (Lipinski definition) is 8. The highest BCUT2D eigenvalue weighted by Crippen LogP contribution is 2.21. The predicted octanol–water partition coefficient (Wildman–Crippen LogP) is 4.39. The summed E-state index contributed by atoms with van der Waals surface area (Å²) in [5.74, 6) is -0.231. The lowest BCUT2D eigenvalue weighted by Gasteiger charge is -2.25. The standard InChI is InChI=1S/C14H13N5O2.C11H21NO2/c1-2-21-14(20)11-8-19-7-10(9-3-5-16-6-4-9)17-12(15)13(19)18-11;1-11(2,3)14-10(13)12-9-7-5-4-6-8-9/h3-8H,2H2,1H3,(H2,15,17);9H,4-8H2,1-3H3,(H,12,13). The number of esters is 1. The summed E-state index contributed by atoms with van der Waals surface area (Å²) in [5, 5.41) is 2.91. The number of carbonyl (C=O) groups excluding carboxylic acids is 2. The number of nitrogen functional groups attached to an aromatic ring is 1. The average molecular weight is 483 g/mol. The smallest absolute Gasteiger partial charge is 0.407 e. The molecule has 10 nitrogen and oxygen atoms in total. The maximum atomic E-state index is 11.7. The van der Waals surface area contributed by atoms with Crippen LogP contribution in [0.4, 0.5) is 10.6 Å². The topological polar surface area (TPSA) is 134 Å². The first-order valence-corrected chi connectivity index (χ1v) is 11.9. The number of anilines is 1. The molecule has 35 heavy (non-hydrogen) atoms. The third-order valence-electron chi connectivity index (χ3n) is 5.25. The number of aromatic nitrogens is 4. The van der Waals surface area contributed by atoms with Crippen molar-refractivity contribution in [3.8, 4) is 11.3 Å². The van der Waals surface area contributed by atoms with Crippen molar-refractivity contribution in [1.82, 2.24) is 24.7 Å². The molecule has 3 aromatic rings. The van der Waals surface area contributed by atoms with Crippen LogP contribution < -0.4 is 11.1 Å². The zero-order valence-corrected chi connectivity index (χ0v) is 20.8. The van der Waals surface area contributed by atoms with Gasteiger partial charge in [-0.25, -0.2) is 19.6 Å². The van der Waals surface area contributed by atoms with Gasteiger partial charge in [-0.3, -0.25) is 4.98 Å². The first-order chi connectivity index (χ1) is 16.7. The normalized spacial score (nSPS) is 14.1. The minimum absolute atomic E-state index is 0.206. The van der Waals surface area contributed by atoms with Gasteiger partial charge in [0.15, 0.2) is 17.2 Å². The molecule has 10 heteroatoms. The van der Waals surface area contributed by atoms with Gasteiger partial charge >= 0.3 is 12.1 Å². The van der Waals surface area contributed by atoms with Gasteiger partial charge in [0.1, 0.15) is 5.60 Å². The van der Waals surface area contributed by atoms with Crippen molar-refractivity contribution in [2.75, 3.05) is 12.3 Å². The summed E-state index contributed by atoms with van der Waals surface area (Å²) in [6.45, 7) is 7.68. The van der Waals surface area contributed by atoms with Crippen LogP contribution in [0.15, 0.2) is 36.9 Å². The molecule has 3 N–H and O–H groups in total. The van der Waals surface area contributed by atoms with Crippen molar-refractivity contribution in [3.05, 3.63) is 42.6 Å². The Bertz CT molecular complexity index is 1130. The number of ether oxygens (including phenoxy) is 2. The molecule has 1 fully saturated rings. The molecule has 1 amide bonds. The Morgan fingerprint density at radius 2 is 1.80 bits per heavy atom. The Kier molecular flexibility index (Phi) is 8.62. The van der Waals surface area contributed by atoms with Crippen LogP contribution in [0.5, 0.6) is 0 Å². The molecular formula is C25H34N6O4. The number of hydrogen-bond donors (Lipinski definition) is 2. The molecule has 0 radical (unpaired) electrons. The highest BCUT2D eigenvalue weighted by Gasteiger charge is 2.20. The van der Waals surface area contributed by atoms with Crippen LogP contribution in [0.2, 0.25) is 0 Å². The molecule has 188 valence electrons. The van der Waals surface area contributed by atoms with Crippen molar-refractivity contribution in [3.63, 3.8) is 0 Å². The van der Waals surface area contributed by atoms with E-state index in [0.717, 1.165) is 18.4 Å². The second-order valence-corrected chi connectivity index (χ2v) is 9.31. The number of amides is 1. The highest BCUT2D eigenvalue weighted by atomic mass is 16.6. The van der Waals surface area contributed by atoms with E-state index in [1.807, 2.05) is 32.9 Å². The van der Waals surface area contributed by atoms with Crippen LogP contribution in [-0.2, 0) is 9.47 Å². The van der Waals surface area contributed by atoms with Gasteiger partial charge in [-0.1, -0.05) is 19.3 Å². The minimum atomic E-state index is -0.480. The molecule has 0 saturated heterocycles. The number of nitrogens with zero attached hydrogens (tertiary/aromatic N) is 4. The van der Waals surface area contributed by atoms with Crippen molar-refractivity contribution < 1.29 is 19.1 Å². The van der Waals surface area contributed by atoms with Gasteiger partial charge in [-0.2, -0.15) is 0 Å². The van der Waals surface area contributed by atoms with E-state index in [4.69, 9.17) is 15.2 Å². The van der Waals surface area contributed by atoms with Crippen molar-refractivity contribution in [1.29, 1.82) is 0 Å². The lowest BCUT2D eigenvalue weighted by molar-refractivity contribution is 0.0489. The largest absolute Gasteiger partial charge is 0.461 e. The number of carbonyl (C=O) groups is 2. The number of fused-ring (bicyclic) bond motifs is 1. The van der Waals surface area contributed by atoms with E-state index >= 15 is 0 Å². The van der Waals surface area contributed by atoms with Gasteiger partial charge in [0.25, 0.3) is 0 Å². The summed E-state index contributed by atoms with van der Waals surface area (Å²) in [6, 6.07) is 3.99. The number of nitrogens with one attached hydrogen (secondary N) is 1. The summed E-state index contributed by atoms with van der Waals surface area (Å²) in [4.78, 5) is 35.5. The van der Waals surface area contributed by atoms with Gasteiger partial charge < -0.3 is 24.9 Å². The van der Waals surface area contributed by atoms with E-state index < -0.39 is 11.6 Å². The molecule has 1 aliphatic carbocycles. The predicted molar refractivity (Wildman–Crippen MR) is 133 cm³/mol. The number of alkyl carbamates (subject to hydrolysis) is 1. The van der Waals surface area contributed by atoms with E-state index in [0.29, 0.717) is 24.0 Å². The van der Waals surface area contributed by atoms with Crippen LogP contribution in [0, 0.1) is 0 Å². The second kappa shape index (κ2) is 11.6. The number of nitrogens with two attached hydrogens (primary N) is 1. The van der Waals surface area contributed by atoms with Gasteiger partial charge in [-0.05, 0) is 52.7 Å². The molecule has 1 aliphatic rings. The van der Waals surface area contributed by atoms with Crippen LogP contribution in [0.1, 0.15) is 70.3 Å². The lowest BCUT2D eigenvalue weighted by Crippen LogP contribution is -2.39.